The Labute approximate surface area is 129 Å². The summed E-state index contributed by atoms with van der Waals surface area (Å²) in [4.78, 5) is 23.8. The number of aliphatic carboxylic acids is 1. The molecule has 0 aromatic carbocycles. The molecule has 0 bridgehead atoms. The van der Waals surface area contributed by atoms with Gasteiger partial charge in [-0.1, -0.05) is 19.0 Å². The minimum atomic E-state index is -4.68. The molecule has 0 spiro atoms. The maximum Gasteiger partial charge on any atom is 0.394 e. The third-order valence-electron chi connectivity index (χ3n) is 3.68. The molecule has 1 fully saturated rings. The lowest BCUT2D eigenvalue weighted by Crippen LogP contribution is -2.35. The van der Waals surface area contributed by atoms with E-state index in [0.29, 0.717) is 5.76 Å². The van der Waals surface area contributed by atoms with Crippen LogP contribution in [0.2, 0.25) is 0 Å². The van der Waals surface area contributed by atoms with Crippen LogP contribution in [0.1, 0.15) is 25.5 Å². The first-order valence-electron chi connectivity index (χ1n) is 6.91. The zero-order valence-electron chi connectivity index (χ0n) is 12.4. The Morgan fingerprint density at radius 1 is 1.43 bits per heavy atom. The number of carboxylic acid groups (broad SMARTS) is 1. The molecule has 2 rings (SSSR count). The van der Waals surface area contributed by atoms with E-state index in [2.05, 4.69) is 10.5 Å². The van der Waals surface area contributed by atoms with E-state index in [1.807, 2.05) is 13.8 Å². The predicted octanol–water partition coefficient (Wildman–Crippen LogP) is 2.52. The summed E-state index contributed by atoms with van der Waals surface area (Å²) >= 11 is 0. The minimum absolute atomic E-state index is 0.0333. The van der Waals surface area contributed by atoms with E-state index < -0.39 is 43.1 Å². The summed E-state index contributed by atoms with van der Waals surface area (Å²) < 4.78 is 43.6. The molecule has 7 nitrogen and oxygen atoms in total. The van der Waals surface area contributed by atoms with Crippen LogP contribution in [0, 0.1) is 11.8 Å². The van der Waals surface area contributed by atoms with Crippen LogP contribution in [0.4, 0.5) is 23.8 Å². The molecule has 1 aromatic rings. The van der Waals surface area contributed by atoms with Crippen molar-refractivity contribution >= 4 is 17.8 Å². The van der Waals surface area contributed by atoms with Crippen molar-refractivity contribution in [2.24, 2.45) is 11.8 Å². The lowest BCUT2D eigenvalue weighted by molar-refractivity contribution is -0.187. The quantitative estimate of drug-likeness (QED) is 0.885. The largest absolute Gasteiger partial charge is 0.481 e. The molecule has 1 aliphatic heterocycles. The molecule has 128 valence electrons. The monoisotopic (exact) mass is 335 g/mol. The van der Waals surface area contributed by atoms with Gasteiger partial charge in [-0.3, -0.25) is 10.1 Å². The Morgan fingerprint density at radius 3 is 2.52 bits per heavy atom. The predicted molar refractivity (Wildman–Crippen MR) is 71.9 cm³/mol. The van der Waals surface area contributed by atoms with Crippen molar-refractivity contribution in [1.29, 1.82) is 0 Å². The van der Waals surface area contributed by atoms with Crippen LogP contribution < -0.4 is 5.32 Å². The zero-order valence-corrected chi connectivity index (χ0v) is 12.4. The number of hydrogen-bond acceptors (Lipinski definition) is 4. The highest BCUT2D eigenvalue weighted by atomic mass is 19.4. The number of alkyl halides is 3. The average molecular weight is 335 g/mol. The molecule has 23 heavy (non-hydrogen) atoms. The molecule has 1 aliphatic rings. The third-order valence-corrected chi connectivity index (χ3v) is 3.68. The van der Waals surface area contributed by atoms with Crippen molar-refractivity contribution in [2.45, 2.75) is 25.9 Å². The number of likely N-dealkylation sites (tertiary alicyclic amines) is 1. The number of aromatic nitrogens is 1. The standard InChI is InChI=1S/C13H16F3N3O4/c1-6(2)9-3-10(18-23-9)17-12(22)19-4-7(11(20)21)8(5-19)13(14,15)16/h3,6-8H,4-5H2,1-2H3,(H,20,21)(H,17,18,22)/t7-,8-/m1/s1. The van der Waals surface area contributed by atoms with Crippen LogP contribution >= 0.6 is 0 Å². The van der Waals surface area contributed by atoms with Crippen molar-refractivity contribution in [3.05, 3.63) is 11.8 Å². The van der Waals surface area contributed by atoms with E-state index >= 15 is 0 Å². The number of anilines is 1. The summed E-state index contributed by atoms with van der Waals surface area (Å²) in [6.45, 7) is 2.47. The fraction of sp³-hybridized carbons (Fsp3) is 0.615. The minimum Gasteiger partial charge on any atom is -0.481 e. The molecule has 2 amide bonds. The van der Waals surface area contributed by atoms with Gasteiger partial charge in [0.2, 0.25) is 0 Å². The van der Waals surface area contributed by atoms with Crippen molar-refractivity contribution in [3.63, 3.8) is 0 Å². The molecule has 1 aromatic heterocycles. The van der Waals surface area contributed by atoms with Gasteiger partial charge in [-0.25, -0.2) is 4.79 Å². The van der Waals surface area contributed by atoms with Crippen LogP contribution in [0.15, 0.2) is 10.6 Å². The lowest BCUT2D eigenvalue weighted by atomic mass is 9.96. The van der Waals surface area contributed by atoms with Gasteiger partial charge in [0, 0.05) is 25.1 Å². The summed E-state index contributed by atoms with van der Waals surface area (Å²) in [6, 6.07) is 0.626. The number of nitrogens with one attached hydrogen (secondary N) is 1. The molecule has 0 radical (unpaired) electrons. The highest BCUT2D eigenvalue weighted by Gasteiger charge is 2.53. The lowest BCUT2D eigenvalue weighted by Gasteiger charge is -2.18. The number of halogens is 3. The highest BCUT2D eigenvalue weighted by molar-refractivity contribution is 5.89. The number of carboxylic acids is 1. The first kappa shape index (κ1) is 17.1. The smallest absolute Gasteiger partial charge is 0.394 e. The highest BCUT2D eigenvalue weighted by Crippen LogP contribution is 2.37. The molecule has 2 N–H and O–H groups in total. The molecule has 10 heteroatoms. The van der Waals surface area contributed by atoms with Gasteiger partial charge in [-0.2, -0.15) is 13.2 Å². The summed E-state index contributed by atoms with van der Waals surface area (Å²) in [5, 5.41) is 14.8. The second kappa shape index (κ2) is 6.09. The number of carbonyl (C=O) groups excluding carboxylic acids is 1. The summed E-state index contributed by atoms with van der Waals surface area (Å²) in [6.07, 6.45) is -4.68. The van der Waals surface area contributed by atoms with Gasteiger partial charge >= 0.3 is 18.2 Å². The number of nitrogens with zero attached hydrogens (tertiary/aromatic N) is 2. The fourth-order valence-electron chi connectivity index (χ4n) is 2.36. The van der Waals surface area contributed by atoms with E-state index in [1.54, 1.807) is 0 Å². The summed E-state index contributed by atoms with van der Waals surface area (Å²) in [5.41, 5.74) is 0. The number of carbonyl (C=O) groups is 2. The maximum atomic E-state index is 12.9. The second-order valence-electron chi connectivity index (χ2n) is 5.70. The molecule has 0 saturated carbocycles. The number of amides is 2. The zero-order chi connectivity index (χ0) is 17.4. The third kappa shape index (κ3) is 3.74. The second-order valence-corrected chi connectivity index (χ2v) is 5.70. The van der Waals surface area contributed by atoms with Crippen molar-refractivity contribution in [3.8, 4) is 0 Å². The molecule has 0 aliphatic carbocycles. The molecule has 1 saturated heterocycles. The van der Waals surface area contributed by atoms with Crippen LogP contribution in [0.5, 0.6) is 0 Å². The number of urea groups is 1. The Morgan fingerprint density at radius 2 is 2.09 bits per heavy atom. The molecular weight excluding hydrogens is 319 g/mol. The van der Waals surface area contributed by atoms with Gasteiger partial charge in [0.25, 0.3) is 0 Å². The van der Waals surface area contributed by atoms with Crippen LogP contribution in [-0.2, 0) is 4.79 Å². The number of hydrogen-bond donors (Lipinski definition) is 2. The first-order chi connectivity index (χ1) is 10.6. The van der Waals surface area contributed by atoms with Crippen molar-refractivity contribution in [2.75, 3.05) is 18.4 Å². The van der Waals surface area contributed by atoms with Crippen LogP contribution in [0.25, 0.3) is 0 Å². The summed E-state index contributed by atoms with van der Waals surface area (Å²) in [7, 11) is 0. The molecule has 0 unspecified atom stereocenters. The Hall–Kier alpha value is -2.26. The van der Waals surface area contributed by atoms with E-state index in [9.17, 15) is 22.8 Å². The van der Waals surface area contributed by atoms with Gasteiger partial charge in [-0.05, 0) is 0 Å². The molecular formula is C13H16F3N3O4. The van der Waals surface area contributed by atoms with Crippen molar-refractivity contribution in [1.82, 2.24) is 10.1 Å². The van der Waals surface area contributed by atoms with Crippen LogP contribution in [0.3, 0.4) is 0 Å². The Kier molecular flexibility index (Phi) is 4.53. The van der Waals surface area contributed by atoms with Gasteiger partial charge in [0.15, 0.2) is 5.82 Å². The maximum absolute atomic E-state index is 12.9. The van der Waals surface area contributed by atoms with Gasteiger partial charge in [0.05, 0.1) is 11.8 Å². The molecule has 2 heterocycles. The van der Waals surface area contributed by atoms with E-state index in [0.717, 1.165) is 4.90 Å². The van der Waals surface area contributed by atoms with E-state index in [1.165, 1.54) is 6.07 Å². The van der Waals surface area contributed by atoms with Gasteiger partial charge in [0.1, 0.15) is 5.76 Å². The Balaban J connectivity index is 2.06. The SMILES string of the molecule is CC(C)c1cc(NC(=O)N2C[C@@H](C(F)(F)F)[C@H](C(=O)O)C2)no1. The average Bonchev–Trinajstić information content (AvgIpc) is 3.03. The number of rotatable bonds is 3. The summed E-state index contributed by atoms with van der Waals surface area (Å²) in [5.74, 6) is -4.73. The molecule has 2 atom stereocenters. The Bertz CT molecular complexity index is 600. The topological polar surface area (TPSA) is 95.7 Å². The van der Waals surface area contributed by atoms with Gasteiger partial charge < -0.3 is 14.5 Å². The van der Waals surface area contributed by atoms with Crippen LogP contribution in [-0.4, -0.2) is 46.4 Å². The fourth-order valence-corrected chi connectivity index (χ4v) is 2.36. The van der Waals surface area contributed by atoms with E-state index in [-0.39, 0.29) is 11.7 Å². The first-order valence-corrected chi connectivity index (χ1v) is 6.91. The van der Waals surface area contributed by atoms with Gasteiger partial charge in [-0.15, -0.1) is 0 Å². The van der Waals surface area contributed by atoms with E-state index in [4.69, 9.17) is 9.63 Å². The normalized spacial score (nSPS) is 21.7. The van der Waals surface area contributed by atoms with Crippen molar-refractivity contribution < 1.29 is 32.4 Å².